The number of rotatable bonds is 3. The third kappa shape index (κ3) is 3.07. The summed E-state index contributed by atoms with van der Waals surface area (Å²) >= 11 is 0. The van der Waals surface area contributed by atoms with Gasteiger partial charge in [-0.15, -0.1) is 0 Å². The highest BCUT2D eigenvalue weighted by atomic mass is 16.3. The maximum atomic E-state index is 9.38. The van der Waals surface area contributed by atoms with Crippen molar-refractivity contribution in [3.63, 3.8) is 0 Å². The van der Waals surface area contributed by atoms with Gasteiger partial charge >= 0.3 is 0 Å². The van der Waals surface area contributed by atoms with Crippen LogP contribution in [0.3, 0.4) is 0 Å². The van der Waals surface area contributed by atoms with Crippen LogP contribution in [0.2, 0.25) is 0 Å². The van der Waals surface area contributed by atoms with Crippen LogP contribution in [0.5, 0.6) is 11.5 Å². The number of phenols is 2. The van der Waals surface area contributed by atoms with Crippen LogP contribution in [-0.4, -0.2) is 10.2 Å². The highest BCUT2D eigenvalue weighted by molar-refractivity contribution is 5.45. The van der Waals surface area contributed by atoms with E-state index in [0.29, 0.717) is 12.2 Å². The fourth-order valence-electron chi connectivity index (χ4n) is 1.50. The molecular formula is C14H14N2O2. The third-order valence-electron chi connectivity index (χ3n) is 2.56. The number of phenolic OH excluding ortho intramolecular Hbond substituents is 2. The van der Waals surface area contributed by atoms with E-state index in [1.807, 2.05) is 6.92 Å². The highest BCUT2D eigenvalue weighted by Crippen LogP contribution is 2.22. The van der Waals surface area contributed by atoms with Gasteiger partial charge in [-0.3, -0.25) is 0 Å². The molecular weight excluding hydrogens is 228 g/mol. The molecule has 0 aliphatic rings. The molecule has 92 valence electrons. The lowest BCUT2D eigenvalue weighted by molar-refractivity contribution is 0.471. The molecule has 4 heteroatoms. The Morgan fingerprint density at radius 1 is 1.00 bits per heavy atom. The van der Waals surface area contributed by atoms with Crippen LogP contribution in [0.15, 0.2) is 52.7 Å². The molecule has 0 aliphatic carbocycles. The summed E-state index contributed by atoms with van der Waals surface area (Å²) in [6.45, 7) is 2.27. The molecule has 0 atom stereocenters. The summed E-state index contributed by atoms with van der Waals surface area (Å²) in [5.41, 5.74) is 2.47. The molecule has 0 radical (unpaired) electrons. The first kappa shape index (κ1) is 12.1. The van der Waals surface area contributed by atoms with Crippen LogP contribution >= 0.6 is 0 Å². The fraction of sp³-hybridized carbons (Fsp3) is 0.143. The van der Waals surface area contributed by atoms with Crippen LogP contribution in [0, 0.1) is 6.92 Å². The van der Waals surface area contributed by atoms with Gasteiger partial charge in [-0.2, -0.15) is 10.2 Å². The standard InChI is InChI=1S/C14H14N2O2/c1-10-8-12(4-7-14(10)18)16-15-9-11-2-5-13(17)6-3-11/h2-8,17-18H,9H2,1H3/b16-15+. The Balaban J connectivity index is 2.02. The second-order valence-corrected chi connectivity index (χ2v) is 4.04. The van der Waals surface area contributed by atoms with Gasteiger partial charge in [0.25, 0.3) is 0 Å². The van der Waals surface area contributed by atoms with Crippen molar-refractivity contribution in [3.8, 4) is 11.5 Å². The monoisotopic (exact) mass is 242 g/mol. The average Bonchev–Trinajstić information content (AvgIpc) is 2.36. The predicted octanol–water partition coefficient (Wildman–Crippen LogP) is 3.69. The summed E-state index contributed by atoms with van der Waals surface area (Å²) in [5.74, 6) is 0.498. The molecule has 0 spiro atoms. The van der Waals surface area contributed by atoms with Crippen molar-refractivity contribution in [2.75, 3.05) is 0 Å². The average molecular weight is 242 g/mol. The number of aryl methyl sites for hydroxylation is 1. The van der Waals surface area contributed by atoms with Crippen molar-refractivity contribution in [1.29, 1.82) is 0 Å². The molecule has 0 fully saturated rings. The number of nitrogens with zero attached hydrogens (tertiary/aromatic N) is 2. The maximum Gasteiger partial charge on any atom is 0.118 e. The molecule has 0 saturated heterocycles. The minimum atomic E-state index is 0.241. The quantitative estimate of drug-likeness (QED) is 0.806. The summed E-state index contributed by atoms with van der Waals surface area (Å²) in [4.78, 5) is 0. The zero-order valence-corrected chi connectivity index (χ0v) is 10.0. The molecule has 0 unspecified atom stereocenters. The van der Waals surface area contributed by atoms with Crippen molar-refractivity contribution in [3.05, 3.63) is 53.6 Å². The van der Waals surface area contributed by atoms with Gasteiger partial charge in [-0.05, 0) is 48.4 Å². The largest absolute Gasteiger partial charge is 0.508 e. The molecule has 4 nitrogen and oxygen atoms in total. The lowest BCUT2D eigenvalue weighted by Crippen LogP contribution is -1.79. The minimum Gasteiger partial charge on any atom is -0.508 e. The number of hydrogen-bond acceptors (Lipinski definition) is 4. The molecule has 0 heterocycles. The third-order valence-corrected chi connectivity index (χ3v) is 2.56. The Morgan fingerprint density at radius 3 is 2.39 bits per heavy atom. The van der Waals surface area contributed by atoms with E-state index < -0.39 is 0 Å². The van der Waals surface area contributed by atoms with E-state index in [2.05, 4.69) is 10.2 Å². The SMILES string of the molecule is Cc1cc(/N=N/Cc2ccc(O)cc2)ccc1O. The zero-order chi connectivity index (χ0) is 13.0. The van der Waals surface area contributed by atoms with Gasteiger partial charge in [-0.25, -0.2) is 0 Å². The molecule has 2 aromatic carbocycles. The summed E-state index contributed by atoms with van der Waals surface area (Å²) in [5, 5.41) is 26.7. The first-order valence-electron chi connectivity index (χ1n) is 5.60. The van der Waals surface area contributed by atoms with Gasteiger partial charge < -0.3 is 10.2 Å². The molecule has 18 heavy (non-hydrogen) atoms. The molecule has 2 aromatic rings. The summed E-state index contributed by atoms with van der Waals surface area (Å²) in [7, 11) is 0. The molecule has 2 N–H and O–H groups in total. The molecule has 0 aromatic heterocycles. The van der Waals surface area contributed by atoms with Crippen LogP contribution in [0.25, 0.3) is 0 Å². The van der Waals surface area contributed by atoms with Crippen LogP contribution in [-0.2, 0) is 6.54 Å². The van der Waals surface area contributed by atoms with E-state index in [-0.39, 0.29) is 11.5 Å². The molecule has 0 saturated carbocycles. The topological polar surface area (TPSA) is 65.2 Å². The Morgan fingerprint density at radius 2 is 1.72 bits per heavy atom. The van der Waals surface area contributed by atoms with Gasteiger partial charge in [0.15, 0.2) is 0 Å². The fourth-order valence-corrected chi connectivity index (χ4v) is 1.50. The van der Waals surface area contributed by atoms with E-state index in [1.54, 1.807) is 42.5 Å². The second kappa shape index (κ2) is 5.31. The van der Waals surface area contributed by atoms with E-state index in [0.717, 1.165) is 11.1 Å². The van der Waals surface area contributed by atoms with Gasteiger partial charge in [0.1, 0.15) is 11.5 Å². The van der Waals surface area contributed by atoms with Crippen molar-refractivity contribution >= 4 is 5.69 Å². The Labute approximate surface area is 105 Å². The van der Waals surface area contributed by atoms with E-state index in [9.17, 15) is 5.11 Å². The van der Waals surface area contributed by atoms with Crippen LogP contribution in [0.1, 0.15) is 11.1 Å². The lowest BCUT2D eigenvalue weighted by atomic mass is 10.2. The summed E-state index contributed by atoms with van der Waals surface area (Å²) in [6.07, 6.45) is 0. The smallest absolute Gasteiger partial charge is 0.118 e. The van der Waals surface area contributed by atoms with Gasteiger partial charge in [-0.1, -0.05) is 12.1 Å². The first-order valence-corrected chi connectivity index (χ1v) is 5.60. The maximum absolute atomic E-state index is 9.38. The number of hydrogen-bond donors (Lipinski definition) is 2. The zero-order valence-electron chi connectivity index (χ0n) is 10.0. The molecule has 0 amide bonds. The Bertz CT molecular complexity index is 563. The highest BCUT2D eigenvalue weighted by Gasteiger charge is 1.96. The Hall–Kier alpha value is -2.36. The van der Waals surface area contributed by atoms with E-state index in [4.69, 9.17) is 5.11 Å². The summed E-state index contributed by atoms with van der Waals surface area (Å²) in [6, 6.07) is 11.9. The Kier molecular flexibility index (Phi) is 3.57. The van der Waals surface area contributed by atoms with Gasteiger partial charge in [0.05, 0.1) is 12.2 Å². The van der Waals surface area contributed by atoms with Crippen molar-refractivity contribution in [2.24, 2.45) is 10.2 Å². The number of benzene rings is 2. The van der Waals surface area contributed by atoms with Gasteiger partial charge in [0.2, 0.25) is 0 Å². The minimum absolute atomic E-state index is 0.241. The van der Waals surface area contributed by atoms with Crippen molar-refractivity contribution in [2.45, 2.75) is 13.5 Å². The van der Waals surface area contributed by atoms with E-state index in [1.165, 1.54) is 0 Å². The van der Waals surface area contributed by atoms with E-state index >= 15 is 0 Å². The molecule has 2 rings (SSSR count). The van der Waals surface area contributed by atoms with Crippen molar-refractivity contribution in [1.82, 2.24) is 0 Å². The van der Waals surface area contributed by atoms with Crippen LogP contribution in [0.4, 0.5) is 5.69 Å². The number of aromatic hydroxyl groups is 2. The lowest BCUT2D eigenvalue weighted by Gasteiger charge is -1.99. The number of azo groups is 1. The summed E-state index contributed by atoms with van der Waals surface area (Å²) < 4.78 is 0. The normalized spacial score (nSPS) is 10.9. The van der Waals surface area contributed by atoms with Crippen LogP contribution < -0.4 is 0 Å². The predicted molar refractivity (Wildman–Crippen MR) is 69.2 cm³/mol. The molecule has 0 bridgehead atoms. The first-order chi connectivity index (χ1) is 8.65. The van der Waals surface area contributed by atoms with Crippen molar-refractivity contribution < 1.29 is 10.2 Å². The van der Waals surface area contributed by atoms with Gasteiger partial charge in [0, 0.05) is 0 Å². The molecule has 0 aliphatic heterocycles. The second-order valence-electron chi connectivity index (χ2n) is 4.04.